The molecule has 2 unspecified atom stereocenters. The molecular weight excluding hydrogens is 555 g/mol. The Morgan fingerprint density at radius 1 is 0.860 bits per heavy atom. The van der Waals surface area contributed by atoms with Gasteiger partial charge in [-0.3, -0.25) is 19.2 Å². The first-order valence-corrected chi connectivity index (χ1v) is 14.1. The molecule has 3 rings (SSSR count). The predicted octanol–water partition coefficient (Wildman–Crippen LogP) is 3.52. The molecule has 6 N–H and O–H groups in total. The lowest BCUT2D eigenvalue weighted by atomic mass is 9.91. The number of amides is 2. The number of hydrogen-bond donors (Lipinski definition) is 4. The minimum absolute atomic E-state index is 0.0467. The number of nitrogens with two attached hydrogens (primary N) is 2. The molecule has 0 saturated heterocycles. The highest BCUT2D eigenvalue weighted by molar-refractivity contribution is 6.45. The van der Waals surface area contributed by atoms with Gasteiger partial charge >= 0.3 is 5.97 Å². The van der Waals surface area contributed by atoms with Crippen molar-refractivity contribution >= 4 is 45.8 Å². The molecule has 10 nitrogen and oxygen atoms in total. The average Bonchev–Trinajstić information content (AvgIpc) is 3.02. The summed E-state index contributed by atoms with van der Waals surface area (Å²) < 4.78 is 19.0. The summed E-state index contributed by atoms with van der Waals surface area (Å²) in [5, 5.41) is 6.98. The van der Waals surface area contributed by atoms with E-state index in [4.69, 9.17) is 16.2 Å². The Kier molecular flexibility index (Phi) is 12.5. The smallest absolute Gasteiger partial charge is 0.328 e. The number of anilines is 1. The molecule has 0 aliphatic heterocycles. The van der Waals surface area contributed by atoms with Gasteiger partial charge in [0.25, 0.3) is 5.91 Å². The van der Waals surface area contributed by atoms with Crippen LogP contribution < -0.4 is 22.1 Å². The summed E-state index contributed by atoms with van der Waals surface area (Å²) in [4.78, 5) is 64.9. The van der Waals surface area contributed by atoms with E-state index in [0.29, 0.717) is 37.9 Å². The Morgan fingerprint density at radius 2 is 1.58 bits per heavy atom. The maximum Gasteiger partial charge on any atom is 0.328 e. The second-order valence-corrected chi connectivity index (χ2v) is 10.2. The number of unbranched alkanes of at least 4 members (excludes halogenated alkanes) is 1. The molecule has 2 atom stereocenters. The molecule has 2 amide bonds. The van der Waals surface area contributed by atoms with Gasteiger partial charge in [-0.25, -0.2) is 9.18 Å². The molecule has 0 aliphatic rings. The van der Waals surface area contributed by atoms with Crippen LogP contribution in [0.3, 0.4) is 0 Å². The van der Waals surface area contributed by atoms with Crippen molar-refractivity contribution in [1.82, 2.24) is 5.32 Å². The van der Waals surface area contributed by atoms with E-state index in [9.17, 15) is 28.4 Å². The van der Waals surface area contributed by atoms with E-state index in [0.717, 1.165) is 22.9 Å². The van der Waals surface area contributed by atoms with E-state index in [-0.39, 0.29) is 24.1 Å². The highest BCUT2D eigenvalue weighted by atomic mass is 19.1. The lowest BCUT2D eigenvalue weighted by Crippen LogP contribution is -2.45. The van der Waals surface area contributed by atoms with Gasteiger partial charge in [0.05, 0.1) is 18.4 Å². The van der Waals surface area contributed by atoms with Crippen molar-refractivity contribution in [3.63, 3.8) is 0 Å². The van der Waals surface area contributed by atoms with Crippen LogP contribution in [0, 0.1) is 11.7 Å². The van der Waals surface area contributed by atoms with E-state index in [1.54, 1.807) is 18.2 Å². The highest BCUT2D eigenvalue weighted by Crippen LogP contribution is 2.23. The minimum atomic E-state index is -1.06. The van der Waals surface area contributed by atoms with Crippen LogP contribution in [-0.4, -0.2) is 55.6 Å². The lowest BCUT2D eigenvalue weighted by Gasteiger charge is -2.21. The standard InChI is InChI=1S/C32H37FN4O6/c1-43-32(42)27(10-6-16-35)37-30(40)22(9-4-5-15-34)18-28(38)29(39)25-19-24(33)13-14-26(25)36-31(41)23-12-11-20-7-2-3-8-21(20)17-23/h2-3,7-8,11-14,17,19,22,27H,4-6,9-10,15-16,18,34-35H2,1H3,(H,36,41)(H,37,40). The predicted molar refractivity (Wildman–Crippen MR) is 161 cm³/mol. The van der Waals surface area contributed by atoms with Crippen molar-refractivity contribution in [3.05, 3.63) is 77.6 Å². The van der Waals surface area contributed by atoms with Crippen LogP contribution in [0.15, 0.2) is 60.7 Å². The highest BCUT2D eigenvalue weighted by Gasteiger charge is 2.30. The molecule has 3 aromatic rings. The molecule has 0 radical (unpaired) electrons. The number of fused-ring (bicyclic) bond motifs is 1. The van der Waals surface area contributed by atoms with Gasteiger partial charge in [0.15, 0.2) is 0 Å². The Morgan fingerprint density at radius 3 is 2.28 bits per heavy atom. The van der Waals surface area contributed by atoms with Crippen LogP contribution in [0.25, 0.3) is 10.8 Å². The van der Waals surface area contributed by atoms with Gasteiger partial charge in [-0.1, -0.05) is 36.8 Å². The molecule has 0 aromatic heterocycles. The molecule has 228 valence electrons. The molecule has 0 spiro atoms. The maximum atomic E-state index is 14.3. The lowest BCUT2D eigenvalue weighted by molar-refractivity contribution is -0.146. The Bertz CT molecular complexity index is 1480. The van der Waals surface area contributed by atoms with Gasteiger partial charge in [-0.15, -0.1) is 0 Å². The number of Topliss-reactive ketones (excluding diaryl/α,β-unsaturated/α-hetero) is 2. The quantitative estimate of drug-likeness (QED) is 0.0847. The van der Waals surface area contributed by atoms with Gasteiger partial charge in [0, 0.05) is 17.9 Å². The van der Waals surface area contributed by atoms with E-state index in [2.05, 4.69) is 10.6 Å². The van der Waals surface area contributed by atoms with Crippen molar-refractivity contribution in [2.45, 2.75) is 44.6 Å². The fraction of sp³-hybridized carbons (Fsp3) is 0.344. The van der Waals surface area contributed by atoms with Crippen LogP contribution in [0.2, 0.25) is 0 Å². The van der Waals surface area contributed by atoms with E-state index < -0.39 is 53.5 Å². The van der Waals surface area contributed by atoms with Crippen LogP contribution in [-0.2, 0) is 19.1 Å². The molecule has 0 aliphatic carbocycles. The number of benzene rings is 3. The molecule has 0 bridgehead atoms. The Hall–Kier alpha value is -4.48. The number of esters is 1. The third kappa shape index (κ3) is 9.25. The first-order chi connectivity index (χ1) is 20.7. The third-order valence-corrected chi connectivity index (χ3v) is 7.05. The molecule has 3 aromatic carbocycles. The minimum Gasteiger partial charge on any atom is -0.467 e. The molecule has 43 heavy (non-hydrogen) atoms. The normalized spacial score (nSPS) is 12.3. The van der Waals surface area contributed by atoms with Crippen LogP contribution >= 0.6 is 0 Å². The third-order valence-electron chi connectivity index (χ3n) is 7.05. The second-order valence-electron chi connectivity index (χ2n) is 10.2. The number of hydrogen-bond acceptors (Lipinski definition) is 8. The number of ketones is 2. The fourth-order valence-corrected chi connectivity index (χ4v) is 4.67. The zero-order chi connectivity index (χ0) is 31.4. The number of nitrogens with one attached hydrogen (secondary N) is 2. The number of carbonyl (C=O) groups is 5. The van der Waals surface area contributed by atoms with Crippen molar-refractivity contribution in [3.8, 4) is 0 Å². The van der Waals surface area contributed by atoms with Crippen molar-refractivity contribution in [2.75, 3.05) is 25.5 Å². The first kappa shape index (κ1) is 33.0. The van der Waals surface area contributed by atoms with Crippen molar-refractivity contribution in [2.24, 2.45) is 17.4 Å². The van der Waals surface area contributed by atoms with Gasteiger partial charge < -0.3 is 26.8 Å². The van der Waals surface area contributed by atoms with E-state index in [1.165, 1.54) is 13.2 Å². The summed E-state index contributed by atoms with van der Waals surface area (Å²) in [6.07, 6.45) is 1.49. The number of carbonyl (C=O) groups excluding carboxylic acids is 5. The summed E-state index contributed by atoms with van der Waals surface area (Å²) in [7, 11) is 1.19. The average molecular weight is 593 g/mol. The van der Waals surface area contributed by atoms with Crippen LogP contribution in [0.5, 0.6) is 0 Å². The summed E-state index contributed by atoms with van der Waals surface area (Å²) in [5.74, 6) is -5.56. The van der Waals surface area contributed by atoms with Gasteiger partial charge in [0.1, 0.15) is 11.9 Å². The molecule has 0 saturated carbocycles. The van der Waals surface area contributed by atoms with Crippen molar-refractivity contribution < 1.29 is 33.1 Å². The fourth-order valence-electron chi connectivity index (χ4n) is 4.67. The number of ether oxygens (including phenoxy) is 1. The van der Waals surface area contributed by atoms with E-state index in [1.807, 2.05) is 24.3 Å². The summed E-state index contributed by atoms with van der Waals surface area (Å²) in [6, 6.07) is 14.7. The van der Waals surface area contributed by atoms with Gasteiger partial charge in [-0.2, -0.15) is 0 Å². The molecule has 0 heterocycles. The van der Waals surface area contributed by atoms with Crippen molar-refractivity contribution in [1.29, 1.82) is 0 Å². The summed E-state index contributed by atoms with van der Waals surface area (Å²) in [5.41, 5.74) is 11.0. The molecule has 0 fully saturated rings. The number of rotatable bonds is 16. The number of halogens is 1. The zero-order valence-corrected chi connectivity index (χ0v) is 24.1. The SMILES string of the molecule is COC(=O)C(CCCN)NC(=O)C(CCCCN)CC(=O)C(=O)c1cc(F)ccc1NC(=O)c1ccc2ccccc2c1. The Labute approximate surface area is 249 Å². The Balaban J connectivity index is 1.80. The molecule has 11 heteroatoms. The first-order valence-electron chi connectivity index (χ1n) is 14.1. The van der Waals surface area contributed by atoms with Crippen LogP contribution in [0.4, 0.5) is 10.1 Å². The van der Waals surface area contributed by atoms with Crippen LogP contribution in [0.1, 0.15) is 59.2 Å². The van der Waals surface area contributed by atoms with Gasteiger partial charge in [0.2, 0.25) is 17.5 Å². The van der Waals surface area contributed by atoms with E-state index >= 15 is 0 Å². The second kappa shape index (κ2) is 16.2. The maximum absolute atomic E-state index is 14.3. The molecular formula is C32H37FN4O6. The summed E-state index contributed by atoms with van der Waals surface area (Å²) >= 11 is 0. The topological polar surface area (TPSA) is 171 Å². The van der Waals surface area contributed by atoms with Gasteiger partial charge in [-0.05, 0) is 79.9 Å². The number of methoxy groups -OCH3 is 1. The largest absolute Gasteiger partial charge is 0.467 e. The monoisotopic (exact) mass is 592 g/mol. The summed E-state index contributed by atoms with van der Waals surface area (Å²) in [6.45, 7) is 0.662. The zero-order valence-electron chi connectivity index (χ0n) is 24.1.